The minimum Gasteiger partial charge on any atom is -0.376 e. The molecule has 0 bridgehead atoms. The largest absolute Gasteiger partial charge is 0.376 e. The van der Waals surface area contributed by atoms with Crippen molar-refractivity contribution in [3.05, 3.63) is 16.4 Å². The van der Waals surface area contributed by atoms with Crippen LogP contribution in [0.1, 0.15) is 18.7 Å². The van der Waals surface area contributed by atoms with Crippen LogP contribution in [-0.4, -0.2) is 42.2 Å². The van der Waals surface area contributed by atoms with E-state index in [1.165, 1.54) is 0 Å². The van der Waals surface area contributed by atoms with Crippen molar-refractivity contribution < 1.29 is 9.47 Å². The van der Waals surface area contributed by atoms with Crippen LogP contribution in [0.5, 0.6) is 0 Å². The van der Waals surface area contributed by atoms with Crippen molar-refractivity contribution in [2.24, 2.45) is 7.05 Å². The second kappa shape index (κ2) is 5.95. The fraction of sp³-hybridized carbons (Fsp3) is 0.727. The molecule has 96 valence electrons. The Morgan fingerprint density at radius 1 is 1.65 bits per heavy atom. The third-order valence-electron chi connectivity index (χ3n) is 2.87. The summed E-state index contributed by atoms with van der Waals surface area (Å²) >= 11 is 3.53. The van der Waals surface area contributed by atoms with Crippen molar-refractivity contribution in [1.29, 1.82) is 0 Å². The molecule has 1 aliphatic rings. The van der Waals surface area contributed by atoms with Gasteiger partial charge in [-0.05, 0) is 22.5 Å². The average Bonchev–Trinajstić information content (AvgIpc) is 2.68. The van der Waals surface area contributed by atoms with E-state index >= 15 is 0 Å². The van der Waals surface area contributed by atoms with Crippen LogP contribution in [0.4, 0.5) is 0 Å². The van der Waals surface area contributed by atoms with E-state index < -0.39 is 0 Å². The van der Waals surface area contributed by atoms with Gasteiger partial charge in [-0.1, -0.05) is 6.92 Å². The van der Waals surface area contributed by atoms with Crippen LogP contribution in [0.25, 0.3) is 0 Å². The van der Waals surface area contributed by atoms with Gasteiger partial charge in [0.15, 0.2) is 0 Å². The Balaban J connectivity index is 2.21. The van der Waals surface area contributed by atoms with Gasteiger partial charge in [0, 0.05) is 7.05 Å². The summed E-state index contributed by atoms with van der Waals surface area (Å²) in [6.45, 7) is 4.92. The van der Waals surface area contributed by atoms with Crippen molar-refractivity contribution in [2.45, 2.75) is 19.1 Å². The smallest absolute Gasteiger partial charge is 0.102 e. The van der Waals surface area contributed by atoms with Gasteiger partial charge in [-0.15, -0.1) is 0 Å². The first-order valence-corrected chi connectivity index (χ1v) is 6.63. The molecule has 1 fully saturated rings. The summed E-state index contributed by atoms with van der Waals surface area (Å²) in [6, 6.07) is 0.0992. The van der Waals surface area contributed by atoms with E-state index in [0.717, 1.165) is 16.7 Å². The number of likely N-dealkylation sites (N-methyl/N-ethyl adjacent to an activating group) is 1. The molecule has 0 aromatic carbocycles. The van der Waals surface area contributed by atoms with E-state index in [4.69, 9.17) is 9.47 Å². The van der Waals surface area contributed by atoms with E-state index in [1.54, 1.807) is 0 Å². The summed E-state index contributed by atoms with van der Waals surface area (Å²) < 4.78 is 14.1. The molecule has 6 heteroatoms. The van der Waals surface area contributed by atoms with Crippen molar-refractivity contribution >= 4 is 15.9 Å². The zero-order chi connectivity index (χ0) is 12.3. The molecule has 0 aliphatic carbocycles. The molecule has 0 radical (unpaired) electrons. The van der Waals surface area contributed by atoms with Crippen molar-refractivity contribution in [3.8, 4) is 0 Å². The lowest BCUT2D eigenvalue weighted by atomic mass is 10.1. The summed E-state index contributed by atoms with van der Waals surface area (Å²) in [7, 11) is 1.94. The van der Waals surface area contributed by atoms with Crippen LogP contribution < -0.4 is 5.32 Å². The van der Waals surface area contributed by atoms with Gasteiger partial charge in [-0.25, -0.2) is 0 Å². The number of aryl methyl sites for hydroxylation is 1. The molecule has 2 atom stereocenters. The molecule has 1 N–H and O–H groups in total. The van der Waals surface area contributed by atoms with E-state index in [2.05, 4.69) is 33.3 Å². The first-order chi connectivity index (χ1) is 8.24. The molecule has 2 rings (SSSR count). The molecule has 0 amide bonds. The van der Waals surface area contributed by atoms with Gasteiger partial charge in [0.2, 0.25) is 0 Å². The van der Waals surface area contributed by atoms with Crippen LogP contribution >= 0.6 is 15.9 Å². The van der Waals surface area contributed by atoms with Gasteiger partial charge in [-0.3, -0.25) is 4.68 Å². The third-order valence-corrected chi connectivity index (χ3v) is 3.48. The molecule has 2 heterocycles. The van der Waals surface area contributed by atoms with Crippen LogP contribution in [0.15, 0.2) is 10.7 Å². The monoisotopic (exact) mass is 303 g/mol. The van der Waals surface area contributed by atoms with Gasteiger partial charge < -0.3 is 14.8 Å². The lowest BCUT2D eigenvalue weighted by Gasteiger charge is -2.31. The predicted molar refractivity (Wildman–Crippen MR) is 67.9 cm³/mol. The standard InChI is InChI=1S/C11H18BrN3O2/c1-3-13-10(9-7-16-4-5-17-9)11-8(12)6-14-15(11)2/h6,9-10,13H,3-5,7H2,1-2H3. The molecule has 1 aromatic rings. The fourth-order valence-electron chi connectivity index (χ4n) is 2.09. The number of halogens is 1. The van der Waals surface area contributed by atoms with Crippen LogP contribution in [0, 0.1) is 0 Å². The molecule has 17 heavy (non-hydrogen) atoms. The van der Waals surface area contributed by atoms with Crippen LogP contribution in [0.2, 0.25) is 0 Å². The first-order valence-electron chi connectivity index (χ1n) is 5.84. The van der Waals surface area contributed by atoms with E-state index in [9.17, 15) is 0 Å². The van der Waals surface area contributed by atoms with Crippen molar-refractivity contribution in [3.63, 3.8) is 0 Å². The molecule has 2 unspecified atom stereocenters. The van der Waals surface area contributed by atoms with E-state index in [-0.39, 0.29) is 12.1 Å². The Kier molecular flexibility index (Phi) is 4.55. The number of hydrogen-bond acceptors (Lipinski definition) is 4. The summed E-state index contributed by atoms with van der Waals surface area (Å²) in [5.74, 6) is 0. The molecule has 1 aliphatic heterocycles. The zero-order valence-corrected chi connectivity index (χ0v) is 11.7. The topological polar surface area (TPSA) is 48.3 Å². The maximum Gasteiger partial charge on any atom is 0.102 e. The maximum absolute atomic E-state index is 5.78. The predicted octanol–water partition coefficient (Wildman–Crippen LogP) is 1.25. The lowest BCUT2D eigenvalue weighted by Crippen LogP contribution is -2.41. The van der Waals surface area contributed by atoms with Gasteiger partial charge in [0.1, 0.15) is 6.10 Å². The minimum absolute atomic E-state index is 0.0374. The molecular formula is C11H18BrN3O2. The first kappa shape index (κ1) is 13.0. The quantitative estimate of drug-likeness (QED) is 0.909. The molecule has 1 saturated heterocycles. The molecular weight excluding hydrogens is 286 g/mol. The molecule has 5 nitrogen and oxygen atoms in total. The second-order valence-electron chi connectivity index (χ2n) is 4.02. The normalized spacial score (nSPS) is 22.6. The Bertz CT molecular complexity index is 344. The lowest BCUT2D eigenvalue weighted by molar-refractivity contribution is -0.103. The van der Waals surface area contributed by atoms with Crippen molar-refractivity contribution in [1.82, 2.24) is 15.1 Å². The Labute approximate surface area is 110 Å². The number of aromatic nitrogens is 2. The summed E-state index contributed by atoms with van der Waals surface area (Å²) in [6.07, 6.45) is 1.85. The molecule has 0 spiro atoms. The number of ether oxygens (including phenoxy) is 2. The van der Waals surface area contributed by atoms with Gasteiger partial charge in [0.05, 0.1) is 42.2 Å². The SMILES string of the molecule is CCNC(c1c(Br)cnn1C)C1COCCO1. The highest BCUT2D eigenvalue weighted by Crippen LogP contribution is 2.27. The number of nitrogens with one attached hydrogen (secondary N) is 1. The fourth-order valence-corrected chi connectivity index (χ4v) is 2.69. The summed E-state index contributed by atoms with van der Waals surface area (Å²) in [5, 5.41) is 7.69. The maximum atomic E-state index is 5.78. The zero-order valence-electron chi connectivity index (χ0n) is 10.1. The Hall–Kier alpha value is -0.430. The summed E-state index contributed by atoms with van der Waals surface area (Å²) in [5.41, 5.74) is 1.10. The molecule has 0 saturated carbocycles. The highest BCUT2D eigenvalue weighted by Gasteiger charge is 2.29. The second-order valence-corrected chi connectivity index (χ2v) is 4.88. The van der Waals surface area contributed by atoms with Gasteiger partial charge in [0.25, 0.3) is 0 Å². The number of hydrogen-bond donors (Lipinski definition) is 1. The van der Waals surface area contributed by atoms with Gasteiger partial charge >= 0.3 is 0 Å². The minimum atomic E-state index is 0.0374. The highest BCUT2D eigenvalue weighted by atomic mass is 79.9. The summed E-state index contributed by atoms with van der Waals surface area (Å²) in [4.78, 5) is 0. The van der Waals surface area contributed by atoms with E-state index in [0.29, 0.717) is 19.8 Å². The average molecular weight is 304 g/mol. The van der Waals surface area contributed by atoms with E-state index in [1.807, 2.05) is 17.9 Å². The van der Waals surface area contributed by atoms with Crippen LogP contribution in [0.3, 0.4) is 0 Å². The number of nitrogens with zero attached hydrogens (tertiary/aromatic N) is 2. The highest BCUT2D eigenvalue weighted by molar-refractivity contribution is 9.10. The molecule has 1 aromatic heterocycles. The number of rotatable bonds is 4. The van der Waals surface area contributed by atoms with Gasteiger partial charge in [-0.2, -0.15) is 5.10 Å². The Morgan fingerprint density at radius 2 is 2.47 bits per heavy atom. The Morgan fingerprint density at radius 3 is 3.00 bits per heavy atom. The third kappa shape index (κ3) is 2.88. The van der Waals surface area contributed by atoms with Crippen LogP contribution in [-0.2, 0) is 16.5 Å². The van der Waals surface area contributed by atoms with Crippen molar-refractivity contribution in [2.75, 3.05) is 26.4 Å².